The van der Waals surface area contributed by atoms with Crippen LogP contribution in [0.15, 0.2) is 48.5 Å². The number of carbonyl (C=O) groups is 4. The number of rotatable bonds is 7. The molecule has 0 saturated carbocycles. The molecule has 0 radical (unpaired) electrons. The predicted octanol–water partition coefficient (Wildman–Crippen LogP) is 2.79. The minimum absolute atomic E-state index is 0.0476. The van der Waals surface area contributed by atoms with Crippen LogP contribution in [0.4, 0.5) is 0 Å². The van der Waals surface area contributed by atoms with Crippen LogP contribution in [-0.4, -0.2) is 85.9 Å². The molecule has 0 aromatic heterocycles. The van der Waals surface area contributed by atoms with Gasteiger partial charge in [0.15, 0.2) is 0 Å². The summed E-state index contributed by atoms with van der Waals surface area (Å²) in [5.74, 6) is -0.153. The molecule has 4 amide bonds. The molecule has 3 rings (SSSR count). The van der Waals surface area contributed by atoms with Crippen LogP contribution in [0.1, 0.15) is 49.0 Å². The van der Waals surface area contributed by atoms with Crippen LogP contribution in [0, 0.1) is 12.8 Å². The van der Waals surface area contributed by atoms with E-state index in [4.69, 9.17) is 9.47 Å². The van der Waals surface area contributed by atoms with Crippen molar-refractivity contribution in [2.45, 2.75) is 52.1 Å². The molecule has 10 heteroatoms. The molecule has 2 N–H and O–H groups in total. The molecule has 0 spiro atoms. The third kappa shape index (κ3) is 9.23. The van der Waals surface area contributed by atoms with E-state index < -0.39 is 18.0 Å². The number of nitrogens with one attached hydrogen (secondary N) is 2. The molecule has 2 aromatic carbocycles. The van der Waals surface area contributed by atoms with Crippen LogP contribution in [0.3, 0.4) is 0 Å². The minimum atomic E-state index is -0.975. The number of hydrogen-bond acceptors (Lipinski definition) is 6. The highest BCUT2D eigenvalue weighted by Gasteiger charge is 2.29. The van der Waals surface area contributed by atoms with Crippen LogP contribution in [-0.2, 0) is 14.4 Å². The van der Waals surface area contributed by atoms with Gasteiger partial charge in [-0.2, -0.15) is 0 Å². The van der Waals surface area contributed by atoms with E-state index in [1.54, 1.807) is 38.4 Å². The highest BCUT2D eigenvalue weighted by molar-refractivity contribution is 5.99. The molecule has 0 aliphatic carbocycles. The largest absolute Gasteiger partial charge is 0.491 e. The zero-order valence-corrected chi connectivity index (χ0v) is 24.6. The monoisotopic (exact) mass is 566 g/mol. The van der Waals surface area contributed by atoms with Crippen molar-refractivity contribution in [2.75, 3.05) is 40.4 Å². The van der Waals surface area contributed by atoms with E-state index in [1.165, 1.54) is 9.80 Å². The van der Waals surface area contributed by atoms with Gasteiger partial charge >= 0.3 is 0 Å². The number of carbonyl (C=O) groups excluding carboxylic acids is 4. The van der Waals surface area contributed by atoms with Crippen LogP contribution >= 0.6 is 0 Å². The Hall–Kier alpha value is -4.08. The number of likely N-dealkylation sites (N-methyl/N-ethyl adjacent to an activating group) is 2. The van der Waals surface area contributed by atoms with Gasteiger partial charge in [0.25, 0.3) is 5.91 Å². The maximum atomic E-state index is 13.5. The Balaban J connectivity index is 1.79. The van der Waals surface area contributed by atoms with Crippen LogP contribution in [0.25, 0.3) is 0 Å². The van der Waals surface area contributed by atoms with Gasteiger partial charge < -0.3 is 29.9 Å². The first kappa shape index (κ1) is 31.4. The molecule has 10 nitrogen and oxygen atoms in total. The molecule has 41 heavy (non-hydrogen) atoms. The summed E-state index contributed by atoms with van der Waals surface area (Å²) in [6.07, 6.45) is 0.482. The minimum Gasteiger partial charge on any atom is -0.491 e. The third-order valence-corrected chi connectivity index (χ3v) is 6.95. The van der Waals surface area contributed by atoms with Gasteiger partial charge in [-0.25, -0.2) is 0 Å². The van der Waals surface area contributed by atoms with E-state index >= 15 is 0 Å². The lowest BCUT2D eigenvalue weighted by molar-refractivity contribution is -0.136. The topological polar surface area (TPSA) is 117 Å². The van der Waals surface area contributed by atoms with Gasteiger partial charge in [0, 0.05) is 20.5 Å². The van der Waals surface area contributed by atoms with Gasteiger partial charge in [-0.05, 0) is 49.4 Å². The maximum Gasteiger partial charge on any atom is 0.255 e. The van der Waals surface area contributed by atoms with E-state index in [0.717, 1.165) is 11.3 Å². The zero-order valence-electron chi connectivity index (χ0n) is 24.6. The van der Waals surface area contributed by atoms with Crippen molar-refractivity contribution >= 4 is 23.6 Å². The number of fused-ring (bicyclic) bond motifs is 1. The van der Waals surface area contributed by atoms with Crippen LogP contribution in [0.5, 0.6) is 11.5 Å². The highest BCUT2D eigenvalue weighted by atomic mass is 16.5. The van der Waals surface area contributed by atoms with Crippen LogP contribution < -0.4 is 20.1 Å². The SMILES string of the molecule is Cc1ccccc1OCCN(C)C(=O)[C@@H]1CCC(=O)N[C@@H](CC(C)C)C(=O)N(C)CCOc2ccccc2C(=O)N1. The summed E-state index contributed by atoms with van der Waals surface area (Å²) in [5.41, 5.74) is 1.25. The van der Waals surface area contributed by atoms with Crippen molar-refractivity contribution in [3.8, 4) is 11.5 Å². The molecule has 222 valence electrons. The summed E-state index contributed by atoms with van der Waals surface area (Å²) in [6, 6.07) is 12.7. The van der Waals surface area contributed by atoms with Gasteiger partial charge in [0.2, 0.25) is 17.7 Å². The van der Waals surface area contributed by atoms with E-state index in [2.05, 4.69) is 10.6 Å². The Kier molecular flexibility index (Phi) is 11.6. The number of hydrogen-bond donors (Lipinski definition) is 2. The second-order valence-electron chi connectivity index (χ2n) is 10.8. The quantitative estimate of drug-likeness (QED) is 0.532. The van der Waals surface area contributed by atoms with Crippen molar-refractivity contribution in [2.24, 2.45) is 5.92 Å². The Morgan fingerprint density at radius 3 is 2.54 bits per heavy atom. The second-order valence-corrected chi connectivity index (χ2v) is 10.8. The molecule has 0 fully saturated rings. The van der Waals surface area contributed by atoms with Crippen molar-refractivity contribution in [3.05, 3.63) is 59.7 Å². The fraction of sp³-hybridized carbons (Fsp3) is 0.484. The maximum absolute atomic E-state index is 13.5. The smallest absolute Gasteiger partial charge is 0.255 e. The molecule has 0 unspecified atom stereocenters. The first-order chi connectivity index (χ1) is 19.6. The summed E-state index contributed by atoms with van der Waals surface area (Å²) in [6.45, 7) is 6.88. The number of aryl methyl sites for hydroxylation is 1. The third-order valence-electron chi connectivity index (χ3n) is 6.95. The summed E-state index contributed by atoms with van der Waals surface area (Å²) in [5, 5.41) is 5.66. The van der Waals surface area contributed by atoms with Crippen molar-refractivity contribution in [1.29, 1.82) is 0 Å². The summed E-state index contributed by atoms with van der Waals surface area (Å²) < 4.78 is 11.7. The van der Waals surface area contributed by atoms with Crippen molar-refractivity contribution in [3.63, 3.8) is 0 Å². The molecule has 1 aliphatic rings. The number of benzene rings is 2. The molecule has 2 aromatic rings. The van der Waals surface area contributed by atoms with Gasteiger partial charge in [-0.3, -0.25) is 19.2 Å². The Morgan fingerprint density at radius 2 is 1.80 bits per heavy atom. The van der Waals surface area contributed by atoms with Gasteiger partial charge in [-0.15, -0.1) is 0 Å². The van der Waals surface area contributed by atoms with Crippen molar-refractivity contribution < 1.29 is 28.7 Å². The first-order valence-electron chi connectivity index (χ1n) is 14.1. The molecule has 2 atom stereocenters. The van der Waals surface area contributed by atoms with Crippen molar-refractivity contribution in [1.82, 2.24) is 20.4 Å². The fourth-order valence-corrected chi connectivity index (χ4v) is 4.56. The number of para-hydroxylation sites is 2. The summed E-state index contributed by atoms with van der Waals surface area (Å²) in [7, 11) is 3.30. The predicted molar refractivity (Wildman–Crippen MR) is 156 cm³/mol. The van der Waals surface area contributed by atoms with Crippen LogP contribution in [0.2, 0.25) is 0 Å². The molecule has 1 aliphatic heterocycles. The average Bonchev–Trinajstić information content (AvgIpc) is 2.94. The lowest BCUT2D eigenvalue weighted by Gasteiger charge is -2.26. The van der Waals surface area contributed by atoms with E-state index in [9.17, 15) is 19.2 Å². The van der Waals surface area contributed by atoms with E-state index in [1.807, 2.05) is 45.0 Å². The molecule has 1 heterocycles. The Labute approximate surface area is 242 Å². The highest BCUT2D eigenvalue weighted by Crippen LogP contribution is 2.20. The van der Waals surface area contributed by atoms with Gasteiger partial charge in [0.05, 0.1) is 18.7 Å². The molecular formula is C31H42N4O6. The first-order valence-corrected chi connectivity index (χ1v) is 14.1. The lowest BCUT2D eigenvalue weighted by atomic mass is 10.0. The molecule has 0 saturated heterocycles. The second kappa shape index (κ2) is 15.1. The average molecular weight is 567 g/mol. The Bertz CT molecular complexity index is 1220. The normalized spacial score (nSPS) is 18.8. The van der Waals surface area contributed by atoms with Gasteiger partial charge in [-0.1, -0.05) is 44.2 Å². The molecule has 0 bridgehead atoms. The van der Waals surface area contributed by atoms with Gasteiger partial charge in [0.1, 0.15) is 36.8 Å². The number of amides is 4. The molecular weight excluding hydrogens is 524 g/mol. The fourth-order valence-electron chi connectivity index (χ4n) is 4.56. The standard InChI is InChI=1S/C31H42N4O6/c1-21(2)20-25-31(39)35(5)17-19-41-27-13-9-7-11-23(27)29(37)33-24(14-15-28(36)32-25)30(38)34(4)16-18-40-26-12-8-6-10-22(26)3/h6-13,21,24-25H,14-20H2,1-5H3,(H,32,36)(H,33,37)/t24-,25-/m0/s1. The number of ether oxygens (including phenoxy) is 2. The number of nitrogens with zero attached hydrogens (tertiary/aromatic N) is 2. The summed E-state index contributed by atoms with van der Waals surface area (Å²) in [4.78, 5) is 56.0. The van der Waals surface area contributed by atoms with E-state index in [-0.39, 0.29) is 68.3 Å². The summed E-state index contributed by atoms with van der Waals surface area (Å²) >= 11 is 0. The van der Waals surface area contributed by atoms with E-state index in [0.29, 0.717) is 12.2 Å². The lowest BCUT2D eigenvalue weighted by Crippen LogP contribution is -2.50. The zero-order chi connectivity index (χ0) is 29.9. The Morgan fingerprint density at radius 1 is 1.10 bits per heavy atom.